The van der Waals surface area contributed by atoms with Gasteiger partial charge in [0.1, 0.15) is 6.73 Å². The lowest BCUT2D eigenvalue weighted by atomic mass is 10.5. The first-order valence-electron chi connectivity index (χ1n) is 2.83. The van der Waals surface area contributed by atoms with Crippen LogP contribution in [0.15, 0.2) is 0 Å². The second kappa shape index (κ2) is 3.59. The van der Waals surface area contributed by atoms with Crippen molar-refractivity contribution in [2.45, 2.75) is 0 Å². The van der Waals surface area contributed by atoms with Crippen molar-refractivity contribution in [1.29, 1.82) is 0 Å². The molecule has 4 heteroatoms. The van der Waals surface area contributed by atoms with Crippen molar-refractivity contribution >= 4 is 21.8 Å². The standard InChI is InChI=1S/C6H6BrNO2/c7-2-1-6(9)8-3-4-10-5-8/h3-5H2. The van der Waals surface area contributed by atoms with E-state index in [1.54, 1.807) is 4.90 Å². The van der Waals surface area contributed by atoms with Crippen molar-refractivity contribution in [3.8, 4) is 10.8 Å². The summed E-state index contributed by atoms with van der Waals surface area (Å²) >= 11 is 2.85. The van der Waals surface area contributed by atoms with Crippen molar-refractivity contribution < 1.29 is 9.53 Å². The maximum atomic E-state index is 10.9. The number of rotatable bonds is 0. The van der Waals surface area contributed by atoms with E-state index in [-0.39, 0.29) is 5.91 Å². The van der Waals surface area contributed by atoms with Crippen molar-refractivity contribution in [2.75, 3.05) is 19.9 Å². The summed E-state index contributed by atoms with van der Waals surface area (Å²) in [5.74, 6) is 2.18. The molecule has 1 saturated heterocycles. The van der Waals surface area contributed by atoms with E-state index in [1.165, 1.54) is 0 Å². The second-order valence-corrected chi connectivity index (χ2v) is 2.22. The van der Waals surface area contributed by atoms with Crippen LogP contribution in [0, 0.1) is 10.8 Å². The largest absolute Gasteiger partial charge is 0.359 e. The number of carbonyl (C=O) groups is 1. The summed E-state index contributed by atoms with van der Waals surface area (Å²) in [5.41, 5.74) is 0. The van der Waals surface area contributed by atoms with Crippen LogP contribution in [0.4, 0.5) is 0 Å². The van der Waals surface area contributed by atoms with Crippen LogP contribution in [0.3, 0.4) is 0 Å². The zero-order valence-corrected chi connectivity index (χ0v) is 6.85. The molecule has 0 N–H and O–H groups in total. The molecule has 0 saturated carbocycles. The average molecular weight is 204 g/mol. The fraction of sp³-hybridized carbons (Fsp3) is 0.500. The molecular weight excluding hydrogens is 198 g/mol. The van der Waals surface area contributed by atoms with E-state index < -0.39 is 0 Å². The summed E-state index contributed by atoms with van der Waals surface area (Å²) in [6.45, 7) is 1.65. The third kappa shape index (κ3) is 1.72. The zero-order chi connectivity index (χ0) is 7.40. The molecule has 0 radical (unpaired) electrons. The predicted molar refractivity (Wildman–Crippen MR) is 39.2 cm³/mol. The Bertz CT molecular complexity index is 188. The summed E-state index contributed by atoms with van der Waals surface area (Å²) in [6.07, 6.45) is 0. The van der Waals surface area contributed by atoms with Crippen LogP contribution in [0.25, 0.3) is 0 Å². The second-order valence-electron chi connectivity index (χ2n) is 1.83. The van der Waals surface area contributed by atoms with Gasteiger partial charge in [-0.25, -0.2) is 0 Å². The summed E-state index contributed by atoms with van der Waals surface area (Å²) in [4.78, 5) is 14.8. The minimum absolute atomic E-state index is 0.186. The van der Waals surface area contributed by atoms with E-state index in [1.807, 2.05) is 0 Å². The van der Waals surface area contributed by atoms with Crippen LogP contribution in [0.2, 0.25) is 0 Å². The Labute approximate surface area is 67.5 Å². The van der Waals surface area contributed by atoms with Crippen molar-refractivity contribution in [1.82, 2.24) is 4.90 Å². The minimum atomic E-state index is -0.186. The number of hydrogen-bond acceptors (Lipinski definition) is 2. The highest BCUT2D eigenvalue weighted by Crippen LogP contribution is 1.97. The molecule has 0 spiro atoms. The Morgan fingerprint density at radius 2 is 2.50 bits per heavy atom. The van der Waals surface area contributed by atoms with Gasteiger partial charge in [0.2, 0.25) is 0 Å². The molecule has 10 heavy (non-hydrogen) atoms. The first-order valence-corrected chi connectivity index (χ1v) is 3.62. The first-order chi connectivity index (χ1) is 4.84. The smallest absolute Gasteiger partial charge is 0.301 e. The summed E-state index contributed by atoms with van der Waals surface area (Å²) in [7, 11) is 0. The Kier molecular flexibility index (Phi) is 2.72. The topological polar surface area (TPSA) is 29.5 Å². The molecule has 0 unspecified atom stereocenters. The summed E-state index contributed by atoms with van der Waals surface area (Å²) in [5, 5.41) is 0. The highest BCUT2D eigenvalue weighted by molar-refractivity contribution is 9.12. The Morgan fingerprint density at radius 3 is 3.00 bits per heavy atom. The van der Waals surface area contributed by atoms with Crippen LogP contribution in [-0.2, 0) is 9.53 Å². The Morgan fingerprint density at radius 1 is 1.70 bits per heavy atom. The Hall–Kier alpha value is -0.530. The van der Waals surface area contributed by atoms with Crippen LogP contribution >= 0.6 is 15.9 Å². The zero-order valence-electron chi connectivity index (χ0n) is 5.26. The molecule has 54 valence electrons. The number of hydrogen-bond donors (Lipinski definition) is 0. The number of carbonyl (C=O) groups excluding carboxylic acids is 1. The van der Waals surface area contributed by atoms with Gasteiger partial charge in [-0.05, 0) is 4.83 Å². The van der Waals surface area contributed by atoms with E-state index in [9.17, 15) is 4.79 Å². The van der Waals surface area contributed by atoms with Crippen molar-refractivity contribution in [2.24, 2.45) is 0 Å². The van der Waals surface area contributed by atoms with Crippen LogP contribution in [-0.4, -0.2) is 30.7 Å². The lowest BCUT2D eigenvalue weighted by Crippen LogP contribution is -2.26. The van der Waals surface area contributed by atoms with Gasteiger partial charge < -0.3 is 9.64 Å². The van der Waals surface area contributed by atoms with Crippen molar-refractivity contribution in [3.05, 3.63) is 0 Å². The molecule has 1 rings (SSSR count). The average Bonchev–Trinajstić information content (AvgIpc) is 2.38. The van der Waals surface area contributed by atoms with Crippen LogP contribution < -0.4 is 0 Å². The molecule has 1 amide bonds. The fourth-order valence-corrected chi connectivity index (χ4v) is 0.863. The molecule has 0 aromatic carbocycles. The lowest BCUT2D eigenvalue weighted by molar-refractivity contribution is -0.125. The maximum absolute atomic E-state index is 10.9. The molecular formula is C6H6BrNO2. The van der Waals surface area contributed by atoms with Gasteiger partial charge in [0, 0.05) is 28.4 Å². The third-order valence-corrected chi connectivity index (χ3v) is 1.39. The number of ether oxygens (including phenoxy) is 1. The monoisotopic (exact) mass is 203 g/mol. The van der Waals surface area contributed by atoms with E-state index in [0.29, 0.717) is 19.9 Å². The Balaban J connectivity index is 2.45. The fourth-order valence-electron chi connectivity index (χ4n) is 0.694. The third-order valence-electron chi connectivity index (χ3n) is 1.19. The van der Waals surface area contributed by atoms with Gasteiger partial charge in [0.25, 0.3) is 0 Å². The van der Waals surface area contributed by atoms with Gasteiger partial charge in [-0.2, -0.15) is 0 Å². The van der Waals surface area contributed by atoms with Gasteiger partial charge in [-0.15, -0.1) is 0 Å². The molecule has 1 heterocycles. The quantitative estimate of drug-likeness (QED) is 0.526. The molecule has 1 fully saturated rings. The molecule has 0 atom stereocenters. The van der Waals surface area contributed by atoms with Gasteiger partial charge in [-0.3, -0.25) is 4.79 Å². The van der Waals surface area contributed by atoms with Gasteiger partial charge in [0.05, 0.1) is 6.61 Å². The molecule has 0 aliphatic carbocycles. The molecule has 3 nitrogen and oxygen atoms in total. The van der Waals surface area contributed by atoms with Gasteiger partial charge >= 0.3 is 5.91 Å². The molecule has 1 aliphatic rings. The maximum Gasteiger partial charge on any atom is 0.301 e. The SMILES string of the molecule is O=C(C#CBr)N1CCOC1. The van der Waals surface area contributed by atoms with E-state index in [0.717, 1.165) is 0 Å². The van der Waals surface area contributed by atoms with E-state index >= 15 is 0 Å². The number of amides is 1. The summed E-state index contributed by atoms with van der Waals surface area (Å²) < 4.78 is 4.95. The van der Waals surface area contributed by atoms with Gasteiger partial charge in [0.15, 0.2) is 0 Å². The first kappa shape index (κ1) is 7.58. The minimum Gasteiger partial charge on any atom is -0.359 e. The van der Waals surface area contributed by atoms with E-state index in [2.05, 4.69) is 26.7 Å². The molecule has 0 aromatic rings. The normalized spacial score (nSPS) is 16.3. The molecule has 0 aromatic heterocycles. The predicted octanol–water partition coefficient (Wildman–Crippen LogP) is 0.158. The molecule has 0 bridgehead atoms. The van der Waals surface area contributed by atoms with Crippen molar-refractivity contribution in [3.63, 3.8) is 0 Å². The lowest BCUT2D eigenvalue weighted by Gasteiger charge is -2.06. The number of halogens is 1. The van der Waals surface area contributed by atoms with Gasteiger partial charge in [-0.1, -0.05) is 0 Å². The highest BCUT2D eigenvalue weighted by Gasteiger charge is 2.15. The summed E-state index contributed by atoms with van der Waals surface area (Å²) in [6, 6.07) is 0. The molecule has 1 aliphatic heterocycles. The number of nitrogens with zero attached hydrogens (tertiary/aromatic N) is 1. The highest BCUT2D eigenvalue weighted by atomic mass is 79.9. The van der Waals surface area contributed by atoms with Crippen LogP contribution in [0.5, 0.6) is 0 Å². The van der Waals surface area contributed by atoms with Crippen LogP contribution in [0.1, 0.15) is 0 Å². The van der Waals surface area contributed by atoms with E-state index in [4.69, 9.17) is 4.74 Å².